The summed E-state index contributed by atoms with van der Waals surface area (Å²) in [4.78, 5) is 24.3. The summed E-state index contributed by atoms with van der Waals surface area (Å²) in [6.45, 7) is 1.42. The summed E-state index contributed by atoms with van der Waals surface area (Å²) in [5.74, 6) is -3.76. The molecule has 1 amide bonds. The van der Waals surface area contributed by atoms with Gasteiger partial charge in [0.2, 0.25) is 0 Å². The first-order chi connectivity index (χ1) is 13.4. The fourth-order valence-electron chi connectivity index (χ4n) is 2.06. The van der Waals surface area contributed by atoms with Crippen LogP contribution in [0.1, 0.15) is 18.1 Å². The Morgan fingerprint density at radius 1 is 1.14 bits per heavy atom. The van der Waals surface area contributed by atoms with E-state index in [4.69, 9.17) is 10.00 Å². The quantitative estimate of drug-likeness (QED) is 0.420. The van der Waals surface area contributed by atoms with E-state index in [1.54, 1.807) is 24.3 Å². The van der Waals surface area contributed by atoms with Gasteiger partial charge in [0.05, 0.1) is 11.6 Å². The van der Waals surface area contributed by atoms with Gasteiger partial charge in [-0.15, -0.1) is 0 Å². The number of rotatable bonds is 7. The zero-order valence-corrected chi connectivity index (χ0v) is 15.6. The van der Waals surface area contributed by atoms with Gasteiger partial charge in [0.25, 0.3) is 11.7 Å². The van der Waals surface area contributed by atoms with Crippen molar-refractivity contribution in [2.75, 3.05) is 5.32 Å². The van der Waals surface area contributed by atoms with E-state index < -0.39 is 23.7 Å². The molecule has 0 aliphatic heterocycles. The molecule has 0 aliphatic carbocycles. The van der Waals surface area contributed by atoms with E-state index in [2.05, 4.69) is 5.32 Å². The lowest BCUT2D eigenvalue weighted by Crippen LogP contribution is -2.29. The highest BCUT2D eigenvalue weighted by atomic mass is 32.2. The number of thioether (sulfide) groups is 1. The molecule has 0 radical (unpaired) electrons. The molecule has 0 bridgehead atoms. The molecule has 28 heavy (non-hydrogen) atoms. The number of nitrogens with one attached hydrogen (secondary N) is 1. The largest absolute Gasteiger partial charge is 0.449 e. The third kappa shape index (κ3) is 6.85. The van der Waals surface area contributed by atoms with Crippen molar-refractivity contribution in [3.8, 4) is 6.07 Å². The molecule has 1 N–H and O–H groups in total. The third-order valence-corrected chi connectivity index (χ3v) is 4.18. The van der Waals surface area contributed by atoms with Gasteiger partial charge in [-0.1, -0.05) is 23.9 Å². The minimum Gasteiger partial charge on any atom is -0.449 e. The second-order valence-corrected chi connectivity index (χ2v) is 6.60. The number of anilines is 1. The van der Waals surface area contributed by atoms with E-state index in [1.807, 2.05) is 6.07 Å². The molecule has 0 saturated heterocycles. The van der Waals surface area contributed by atoms with Gasteiger partial charge in [-0.2, -0.15) is 14.0 Å². The number of alkyl halides is 2. The van der Waals surface area contributed by atoms with Gasteiger partial charge in [-0.3, -0.25) is 4.79 Å². The highest BCUT2D eigenvalue weighted by Gasteiger charge is 2.16. The minimum absolute atomic E-state index is 0.375. The number of benzene rings is 2. The number of nitriles is 1. The molecule has 2 rings (SSSR count). The molecule has 0 unspecified atom stereocenters. The lowest BCUT2D eigenvalue weighted by molar-refractivity contribution is -0.148. The van der Waals surface area contributed by atoms with Crippen LogP contribution in [0, 0.1) is 11.3 Å². The molecule has 2 aromatic rings. The predicted molar refractivity (Wildman–Crippen MR) is 103 cm³/mol. The topological polar surface area (TPSA) is 79.2 Å². The Labute approximate surface area is 165 Å². The van der Waals surface area contributed by atoms with Crippen molar-refractivity contribution in [3.63, 3.8) is 0 Å². The van der Waals surface area contributed by atoms with Crippen LogP contribution in [-0.4, -0.2) is 23.7 Å². The van der Waals surface area contributed by atoms with E-state index in [0.29, 0.717) is 33.5 Å². The number of carbonyl (C=O) groups is 2. The minimum atomic E-state index is -2.52. The Morgan fingerprint density at radius 3 is 2.36 bits per heavy atom. The van der Waals surface area contributed by atoms with E-state index >= 15 is 0 Å². The highest BCUT2D eigenvalue weighted by Crippen LogP contribution is 2.26. The van der Waals surface area contributed by atoms with Crippen LogP contribution in [0.4, 0.5) is 14.5 Å². The van der Waals surface area contributed by atoms with Crippen molar-refractivity contribution in [1.29, 1.82) is 5.26 Å². The number of carbonyl (C=O) groups excluding carboxylic acids is 2. The van der Waals surface area contributed by atoms with Gasteiger partial charge in [0.15, 0.2) is 6.10 Å². The molecule has 144 valence electrons. The Morgan fingerprint density at radius 2 is 1.79 bits per heavy atom. The summed E-state index contributed by atoms with van der Waals surface area (Å²) < 4.78 is 29.6. The number of esters is 1. The smallest absolute Gasteiger partial charge is 0.331 e. The fourth-order valence-corrected chi connectivity index (χ4v) is 2.56. The lowest BCUT2D eigenvalue weighted by atomic mass is 10.1. The van der Waals surface area contributed by atoms with Gasteiger partial charge in [-0.25, -0.2) is 4.79 Å². The number of hydrogen-bond donors (Lipinski definition) is 1. The third-order valence-electron chi connectivity index (χ3n) is 3.46. The number of halogens is 2. The molecule has 8 heteroatoms. The van der Waals surface area contributed by atoms with Crippen LogP contribution < -0.4 is 5.32 Å². The van der Waals surface area contributed by atoms with Crippen LogP contribution in [0.3, 0.4) is 0 Å². The molecule has 0 aliphatic rings. The number of hydrogen-bond acceptors (Lipinski definition) is 5. The maximum Gasteiger partial charge on any atom is 0.331 e. The van der Waals surface area contributed by atoms with Crippen molar-refractivity contribution in [2.24, 2.45) is 0 Å². The Balaban J connectivity index is 1.86. The van der Waals surface area contributed by atoms with Crippen molar-refractivity contribution in [1.82, 2.24) is 0 Å². The van der Waals surface area contributed by atoms with Gasteiger partial charge >= 0.3 is 5.97 Å². The molecule has 0 spiro atoms. The van der Waals surface area contributed by atoms with Crippen molar-refractivity contribution in [3.05, 3.63) is 65.7 Å². The summed E-state index contributed by atoms with van der Waals surface area (Å²) in [6, 6.07) is 14.5. The molecule has 1 atom stereocenters. The molecule has 0 fully saturated rings. The first-order valence-corrected chi connectivity index (χ1v) is 9.00. The van der Waals surface area contributed by atoms with Gasteiger partial charge < -0.3 is 10.1 Å². The van der Waals surface area contributed by atoms with E-state index in [0.717, 1.165) is 0 Å². The summed E-state index contributed by atoms with van der Waals surface area (Å²) in [5, 5.41) is 11.3. The maximum atomic E-state index is 12.3. The van der Waals surface area contributed by atoms with E-state index in [-0.39, 0.29) is 0 Å². The van der Waals surface area contributed by atoms with Gasteiger partial charge in [-0.05, 0) is 55.0 Å². The highest BCUT2D eigenvalue weighted by molar-refractivity contribution is 7.99. The second kappa shape index (κ2) is 10.2. The van der Waals surface area contributed by atoms with Crippen LogP contribution in [0.2, 0.25) is 0 Å². The zero-order chi connectivity index (χ0) is 20.5. The lowest BCUT2D eigenvalue weighted by Gasteiger charge is -2.12. The molecular weight excluding hydrogens is 386 g/mol. The second-order valence-electron chi connectivity index (χ2n) is 5.54. The van der Waals surface area contributed by atoms with Crippen LogP contribution >= 0.6 is 11.8 Å². The standard InChI is InChI=1S/C20H16F2N2O3S/c1-13(19(26)24-16-7-9-17(10-8-16)28-20(21)22)27-18(25)11-6-14-2-4-15(12-23)5-3-14/h2-11,13,20H,1H3,(H,24,26)/b11-6+/t13-/m0/s1. The average molecular weight is 402 g/mol. The van der Waals surface area contributed by atoms with Crippen LogP contribution in [0.25, 0.3) is 6.08 Å². The number of ether oxygens (including phenoxy) is 1. The number of amides is 1. The predicted octanol–water partition coefficient (Wildman–Crippen LogP) is 4.46. The molecular formula is C20H16F2N2O3S. The summed E-state index contributed by atoms with van der Waals surface area (Å²) in [5.41, 5.74) is 1.61. The SMILES string of the molecule is C[C@H](OC(=O)/C=C/c1ccc(C#N)cc1)C(=O)Nc1ccc(SC(F)F)cc1. The summed E-state index contributed by atoms with van der Waals surface area (Å²) in [7, 11) is 0. The molecule has 0 heterocycles. The summed E-state index contributed by atoms with van der Waals surface area (Å²) in [6.07, 6.45) is 1.64. The van der Waals surface area contributed by atoms with Crippen LogP contribution in [0.5, 0.6) is 0 Å². The fraction of sp³-hybridized carbons (Fsp3) is 0.150. The molecule has 0 saturated carbocycles. The first-order valence-electron chi connectivity index (χ1n) is 8.12. The monoisotopic (exact) mass is 402 g/mol. The number of nitrogens with zero attached hydrogens (tertiary/aromatic N) is 1. The normalized spacial score (nSPS) is 11.8. The van der Waals surface area contributed by atoms with Gasteiger partial charge in [0.1, 0.15) is 0 Å². The molecule has 2 aromatic carbocycles. The average Bonchev–Trinajstić information content (AvgIpc) is 2.67. The van der Waals surface area contributed by atoms with Crippen LogP contribution in [0.15, 0.2) is 59.5 Å². The molecule has 5 nitrogen and oxygen atoms in total. The Hall–Kier alpha value is -3.18. The van der Waals surface area contributed by atoms with Crippen molar-refractivity contribution >= 4 is 35.4 Å². The summed E-state index contributed by atoms with van der Waals surface area (Å²) >= 11 is 0.407. The van der Waals surface area contributed by atoms with Crippen molar-refractivity contribution < 1.29 is 23.1 Å². The zero-order valence-electron chi connectivity index (χ0n) is 14.8. The van der Waals surface area contributed by atoms with Crippen LogP contribution in [-0.2, 0) is 14.3 Å². The Bertz CT molecular complexity index is 891. The van der Waals surface area contributed by atoms with E-state index in [1.165, 1.54) is 43.3 Å². The van der Waals surface area contributed by atoms with Crippen molar-refractivity contribution in [2.45, 2.75) is 23.7 Å². The van der Waals surface area contributed by atoms with Gasteiger partial charge in [0, 0.05) is 16.7 Å². The molecule has 0 aromatic heterocycles. The van der Waals surface area contributed by atoms with E-state index in [9.17, 15) is 18.4 Å². The Kier molecular flexibility index (Phi) is 7.72. The first kappa shape index (κ1) is 21.1. The maximum absolute atomic E-state index is 12.3.